The summed E-state index contributed by atoms with van der Waals surface area (Å²) >= 11 is 0. The van der Waals surface area contributed by atoms with E-state index in [4.69, 9.17) is 9.47 Å². The second kappa shape index (κ2) is 3.08. The highest BCUT2D eigenvalue weighted by Gasteiger charge is 2.19. The van der Waals surface area contributed by atoms with Crippen molar-refractivity contribution in [1.82, 2.24) is 0 Å². The van der Waals surface area contributed by atoms with E-state index in [1.54, 1.807) is 0 Å². The Bertz CT molecular complexity index is 81.0. The van der Waals surface area contributed by atoms with E-state index in [0.717, 1.165) is 0 Å². The van der Waals surface area contributed by atoms with Crippen LogP contribution in [0.4, 0.5) is 8.78 Å². The molecule has 1 aliphatic heterocycles. The Kier molecular flexibility index (Phi) is 2.36. The van der Waals surface area contributed by atoms with Crippen molar-refractivity contribution in [1.29, 1.82) is 0 Å². The molecule has 4 heteroatoms. The zero-order valence-corrected chi connectivity index (χ0v) is 4.85. The van der Waals surface area contributed by atoms with Crippen LogP contribution in [0.5, 0.6) is 0 Å². The molecule has 2 nitrogen and oxygen atoms in total. The van der Waals surface area contributed by atoms with Crippen LogP contribution in [0.2, 0.25) is 0 Å². The van der Waals surface area contributed by atoms with Gasteiger partial charge in [-0.2, -0.15) is 0 Å². The molecule has 0 atom stereocenters. The third-order valence-electron chi connectivity index (χ3n) is 1.06. The van der Waals surface area contributed by atoms with Crippen molar-refractivity contribution >= 4 is 0 Å². The lowest BCUT2D eigenvalue weighted by Crippen LogP contribution is -2.11. The second-order valence-electron chi connectivity index (χ2n) is 1.80. The van der Waals surface area contributed by atoms with Gasteiger partial charge < -0.3 is 9.47 Å². The van der Waals surface area contributed by atoms with Crippen molar-refractivity contribution in [2.45, 2.75) is 19.1 Å². The maximum absolute atomic E-state index is 11.5. The molecule has 1 heterocycles. The van der Waals surface area contributed by atoms with Gasteiger partial charge in [-0.15, -0.1) is 0 Å². The zero-order valence-electron chi connectivity index (χ0n) is 4.85. The van der Waals surface area contributed by atoms with E-state index in [1.807, 2.05) is 0 Å². The lowest BCUT2D eigenvalue weighted by molar-refractivity contribution is -0.0767. The Morgan fingerprint density at radius 3 is 2.33 bits per heavy atom. The Balaban J connectivity index is 2.11. The molecule has 0 aromatic carbocycles. The van der Waals surface area contributed by atoms with E-state index in [-0.39, 0.29) is 6.42 Å². The number of alkyl halides is 2. The Morgan fingerprint density at radius 1 is 1.33 bits per heavy atom. The highest BCUT2D eigenvalue weighted by molar-refractivity contribution is 4.52. The molecule has 1 saturated heterocycles. The number of ether oxygens (including phenoxy) is 2. The van der Waals surface area contributed by atoms with E-state index in [2.05, 4.69) is 0 Å². The predicted molar refractivity (Wildman–Crippen MR) is 26.3 cm³/mol. The van der Waals surface area contributed by atoms with Crippen LogP contribution in [0, 0.1) is 0 Å². The van der Waals surface area contributed by atoms with Crippen LogP contribution in [0.1, 0.15) is 6.42 Å². The van der Waals surface area contributed by atoms with Crippen LogP contribution >= 0.6 is 0 Å². The average Bonchev–Trinajstić information content (AvgIpc) is 2.15. The van der Waals surface area contributed by atoms with Crippen molar-refractivity contribution < 1.29 is 18.3 Å². The van der Waals surface area contributed by atoms with Gasteiger partial charge in [-0.05, 0) is 0 Å². The summed E-state index contributed by atoms with van der Waals surface area (Å²) in [7, 11) is 0. The van der Waals surface area contributed by atoms with Crippen molar-refractivity contribution in [3.05, 3.63) is 0 Å². The van der Waals surface area contributed by atoms with Crippen LogP contribution in [0.15, 0.2) is 0 Å². The lowest BCUT2D eigenvalue weighted by atomic mass is 10.4. The molecule has 0 amide bonds. The first kappa shape index (κ1) is 6.89. The summed E-state index contributed by atoms with van der Waals surface area (Å²) in [6.45, 7) is 0.884. The van der Waals surface area contributed by atoms with Gasteiger partial charge in [0.1, 0.15) is 0 Å². The van der Waals surface area contributed by atoms with Crippen LogP contribution in [-0.4, -0.2) is 25.9 Å². The third kappa shape index (κ3) is 2.24. The summed E-state index contributed by atoms with van der Waals surface area (Å²) in [6, 6.07) is 0. The molecule has 54 valence electrons. The van der Waals surface area contributed by atoms with Crippen molar-refractivity contribution in [3.8, 4) is 0 Å². The van der Waals surface area contributed by atoms with Gasteiger partial charge in [0.05, 0.1) is 19.6 Å². The molecule has 0 radical (unpaired) electrons. The zero-order chi connectivity index (χ0) is 6.69. The molecule has 0 unspecified atom stereocenters. The summed E-state index contributed by atoms with van der Waals surface area (Å²) < 4.78 is 32.6. The summed E-state index contributed by atoms with van der Waals surface area (Å²) in [5.41, 5.74) is 0. The number of hydrogen-bond donors (Lipinski definition) is 0. The fraction of sp³-hybridized carbons (Fsp3) is 1.00. The van der Waals surface area contributed by atoms with Crippen LogP contribution < -0.4 is 0 Å². The fourth-order valence-corrected chi connectivity index (χ4v) is 0.689. The maximum Gasteiger partial charge on any atom is 0.243 e. The Labute approximate surface area is 51.8 Å². The first-order valence-electron chi connectivity index (χ1n) is 2.80. The van der Waals surface area contributed by atoms with Crippen molar-refractivity contribution in [2.75, 3.05) is 13.2 Å². The van der Waals surface area contributed by atoms with Gasteiger partial charge in [0.2, 0.25) is 6.43 Å². The fourth-order valence-electron chi connectivity index (χ4n) is 0.689. The number of rotatable bonds is 2. The van der Waals surface area contributed by atoms with E-state index in [0.29, 0.717) is 13.2 Å². The second-order valence-corrected chi connectivity index (χ2v) is 1.80. The Morgan fingerprint density at radius 2 is 1.89 bits per heavy atom. The van der Waals surface area contributed by atoms with Crippen molar-refractivity contribution in [2.24, 2.45) is 0 Å². The van der Waals surface area contributed by atoms with Gasteiger partial charge in [0.25, 0.3) is 0 Å². The molecule has 9 heavy (non-hydrogen) atoms. The average molecular weight is 138 g/mol. The molecule has 0 aromatic rings. The monoisotopic (exact) mass is 138 g/mol. The van der Waals surface area contributed by atoms with Crippen molar-refractivity contribution in [3.63, 3.8) is 0 Å². The van der Waals surface area contributed by atoms with Gasteiger partial charge >= 0.3 is 0 Å². The van der Waals surface area contributed by atoms with Crippen LogP contribution in [-0.2, 0) is 9.47 Å². The highest BCUT2D eigenvalue weighted by atomic mass is 19.3. The smallest absolute Gasteiger partial charge is 0.243 e. The molecule has 0 aliphatic carbocycles. The molecule has 1 fully saturated rings. The SMILES string of the molecule is FC(F)CC1OCCO1. The third-order valence-corrected chi connectivity index (χ3v) is 1.06. The van der Waals surface area contributed by atoms with Gasteiger partial charge in [-0.3, -0.25) is 0 Å². The normalized spacial score (nSPS) is 21.7. The summed E-state index contributed by atoms with van der Waals surface area (Å²) in [4.78, 5) is 0. The van der Waals surface area contributed by atoms with Gasteiger partial charge in [0, 0.05) is 0 Å². The summed E-state index contributed by atoms with van der Waals surface area (Å²) in [6.07, 6.45) is -3.29. The standard InChI is InChI=1S/C5H8F2O2/c6-4(7)3-5-8-1-2-9-5/h4-5H,1-3H2. The quantitative estimate of drug-likeness (QED) is 0.567. The largest absolute Gasteiger partial charge is 0.350 e. The van der Waals surface area contributed by atoms with E-state index < -0.39 is 12.7 Å². The van der Waals surface area contributed by atoms with Gasteiger partial charge in [0.15, 0.2) is 6.29 Å². The number of hydrogen-bond acceptors (Lipinski definition) is 2. The van der Waals surface area contributed by atoms with Gasteiger partial charge in [-0.1, -0.05) is 0 Å². The Hall–Kier alpha value is -0.220. The molecular formula is C5H8F2O2. The van der Waals surface area contributed by atoms with Gasteiger partial charge in [-0.25, -0.2) is 8.78 Å². The summed E-state index contributed by atoms with van der Waals surface area (Å²) in [5, 5.41) is 0. The minimum Gasteiger partial charge on any atom is -0.350 e. The first-order chi connectivity index (χ1) is 4.29. The van der Waals surface area contributed by atoms with Crippen LogP contribution in [0.3, 0.4) is 0 Å². The van der Waals surface area contributed by atoms with Crippen LogP contribution in [0.25, 0.3) is 0 Å². The summed E-state index contributed by atoms with van der Waals surface area (Å²) in [5.74, 6) is 0. The number of halogens is 2. The molecule has 0 aromatic heterocycles. The molecule has 1 rings (SSSR count). The highest BCUT2D eigenvalue weighted by Crippen LogP contribution is 2.12. The maximum atomic E-state index is 11.5. The molecular weight excluding hydrogens is 130 g/mol. The van der Waals surface area contributed by atoms with E-state index in [1.165, 1.54) is 0 Å². The van der Waals surface area contributed by atoms with E-state index in [9.17, 15) is 8.78 Å². The predicted octanol–water partition coefficient (Wildman–Crippen LogP) is 1.01. The topological polar surface area (TPSA) is 18.5 Å². The molecule has 0 bridgehead atoms. The first-order valence-corrected chi connectivity index (χ1v) is 2.80. The molecule has 0 spiro atoms. The molecule has 0 N–H and O–H groups in total. The molecule has 1 aliphatic rings. The minimum atomic E-state index is -2.33. The lowest BCUT2D eigenvalue weighted by Gasteiger charge is -2.05. The molecule has 0 saturated carbocycles. The van der Waals surface area contributed by atoms with E-state index >= 15 is 0 Å². The minimum absolute atomic E-state index is 0.306.